The number of hydrogen-bond donors (Lipinski definition) is 1. The Bertz CT molecular complexity index is 737. The predicted molar refractivity (Wildman–Crippen MR) is 107 cm³/mol. The highest BCUT2D eigenvalue weighted by Gasteiger charge is 2.23. The maximum absolute atomic E-state index is 5.80. The first-order valence-electron chi connectivity index (χ1n) is 9.57. The molecule has 0 aromatic heterocycles. The van der Waals surface area contributed by atoms with Crippen molar-refractivity contribution < 1.29 is 14.4 Å². The second-order valence-electron chi connectivity index (χ2n) is 6.99. The van der Waals surface area contributed by atoms with E-state index in [1.165, 1.54) is 22.4 Å². The van der Waals surface area contributed by atoms with Crippen molar-refractivity contribution in [3.63, 3.8) is 0 Å². The minimum atomic E-state index is 0.707. The van der Waals surface area contributed by atoms with Crippen molar-refractivity contribution in [1.82, 2.24) is 0 Å². The van der Waals surface area contributed by atoms with Gasteiger partial charge in [0.2, 0.25) is 0 Å². The summed E-state index contributed by atoms with van der Waals surface area (Å²) >= 11 is 0. The molecule has 1 fully saturated rings. The molecule has 4 heteroatoms. The Morgan fingerprint density at radius 1 is 0.962 bits per heavy atom. The van der Waals surface area contributed by atoms with Crippen molar-refractivity contribution in [2.24, 2.45) is 0 Å². The Balaban J connectivity index is 1.64. The summed E-state index contributed by atoms with van der Waals surface area (Å²) in [5.41, 5.74) is 5.28. The molecule has 1 heterocycles. The third kappa shape index (κ3) is 3.96. The number of hydrogen-bond acceptors (Lipinski definition) is 3. The third-order valence-corrected chi connectivity index (χ3v) is 5.49. The van der Waals surface area contributed by atoms with Gasteiger partial charge in [-0.05, 0) is 56.2 Å². The summed E-state index contributed by atoms with van der Waals surface area (Å²) in [5, 5.41) is 0. The second kappa shape index (κ2) is 8.45. The summed E-state index contributed by atoms with van der Waals surface area (Å²) in [5.74, 6) is 1.98. The zero-order chi connectivity index (χ0) is 18.5. The third-order valence-electron chi connectivity index (χ3n) is 5.49. The fourth-order valence-electron chi connectivity index (χ4n) is 3.77. The normalized spacial score (nSPS) is 15.2. The lowest BCUT2D eigenvalue weighted by molar-refractivity contribution is -0.914. The van der Waals surface area contributed by atoms with Crippen LogP contribution in [0.1, 0.15) is 23.6 Å². The van der Waals surface area contributed by atoms with Crippen LogP contribution in [-0.4, -0.2) is 39.9 Å². The van der Waals surface area contributed by atoms with Crippen LogP contribution < -0.4 is 19.3 Å². The first-order valence-corrected chi connectivity index (χ1v) is 9.57. The molecule has 3 rings (SSSR count). The van der Waals surface area contributed by atoms with Gasteiger partial charge < -0.3 is 19.3 Å². The Labute approximate surface area is 157 Å². The topological polar surface area (TPSA) is 26.1 Å². The minimum Gasteiger partial charge on any atom is -0.496 e. The maximum atomic E-state index is 5.80. The largest absolute Gasteiger partial charge is 0.496 e. The number of ether oxygens (including phenoxy) is 2. The molecule has 0 aliphatic carbocycles. The molecule has 2 aromatic rings. The van der Waals surface area contributed by atoms with Crippen LogP contribution in [-0.2, 0) is 6.54 Å². The highest BCUT2D eigenvalue weighted by Crippen LogP contribution is 2.28. The second-order valence-corrected chi connectivity index (χ2v) is 6.99. The van der Waals surface area contributed by atoms with Crippen LogP contribution in [0, 0.1) is 13.8 Å². The van der Waals surface area contributed by atoms with Crippen molar-refractivity contribution in [1.29, 1.82) is 0 Å². The summed E-state index contributed by atoms with van der Waals surface area (Å²) in [6.07, 6.45) is 0. The van der Waals surface area contributed by atoms with E-state index in [-0.39, 0.29) is 0 Å². The van der Waals surface area contributed by atoms with E-state index in [1.807, 2.05) is 13.0 Å². The van der Waals surface area contributed by atoms with Gasteiger partial charge in [-0.3, -0.25) is 0 Å². The molecule has 0 spiro atoms. The quantitative estimate of drug-likeness (QED) is 0.863. The van der Waals surface area contributed by atoms with Crippen molar-refractivity contribution in [3.8, 4) is 11.5 Å². The van der Waals surface area contributed by atoms with Crippen LogP contribution in [0.2, 0.25) is 0 Å². The van der Waals surface area contributed by atoms with Gasteiger partial charge >= 0.3 is 0 Å². The first kappa shape index (κ1) is 18.6. The highest BCUT2D eigenvalue weighted by molar-refractivity contribution is 5.58. The molecule has 1 saturated heterocycles. The summed E-state index contributed by atoms with van der Waals surface area (Å²) in [4.78, 5) is 4.10. The summed E-state index contributed by atoms with van der Waals surface area (Å²) in [6.45, 7) is 12.6. The van der Waals surface area contributed by atoms with E-state index in [0.29, 0.717) is 6.61 Å². The number of benzene rings is 2. The van der Waals surface area contributed by atoms with E-state index in [0.717, 1.165) is 44.2 Å². The highest BCUT2D eigenvalue weighted by atomic mass is 16.5. The van der Waals surface area contributed by atoms with E-state index in [1.54, 1.807) is 12.0 Å². The molecule has 1 N–H and O–H groups in total. The first-order chi connectivity index (χ1) is 12.6. The van der Waals surface area contributed by atoms with Crippen LogP contribution in [0.5, 0.6) is 11.5 Å². The molecule has 2 aromatic carbocycles. The van der Waals surface area contributed by atoms with Crippen molar-refractivity contribution in [2.45, 2.75) is 27.3 Å². The van der Waals surface area contributed by atoms with Gasteiger partial charge in [0.05, 0.1) is 45.6 Å². The molecular formula is C22H31N2O2+. The lowest BCUT2D eigenvalue weighted by Gasteiger charge is -2.34. The minimum absolute atomic E-state index is 0.707. The number of methoxy groups -OCH3 is 1. The zero-order valence-electron chi connectivity index (χ0n) is 16.5. The Kier molecular flexibility index (Phi) is 6.04. The van der Waals surface area contributed by atoms with Crippen LogP contribution in [0.4, 0.5) is 5.69 Å². The van der Waals surface area contributed by atoms with E-state index in [4.69, 9.17) is 9.47 Å². The molecule has 1 aliphatic rings. The van der Waals surface area contributed by atoms with Crippen LogP contribution >= 0.6 is 0 Å². The lowest BCUT2D eigenvalue weighted by atomic mass is 10.0. The van der Waals surface area contributed by atoms with Crippen molar-refractivity contribution >= 4 is 5.69 Å². The molecule has 0 atom stereocenters. The van der Waals surface area contributed by atoms with Gasteiger partial charge in [-0.2, -0.15) is 0 Å². The molecule has 0 radical (unpaired) electrons. The van der Waals surface area contributed by atoms with E-state index in [2.05, 4.69) is 49.1 Å². The SMILES string of the molecule is CCOc1ccccc1N1CC[NH+](Cc2ccc(OC)c(C)c2C)CC1. The molecule has 26 heavy (non-hydrogen) atoms. The molecule has 0 unspecified atom stereocenters. The Morgan fingerprint density at radius 2 is 1.69 bits per heavy atom. The summed E-state index contributed by atoms with van der Waals surface area (Å²) < 4.78 is 11.2. The number of nitrogens with one attached hydrogen (secondary N) is 1. The van der Waals surface area contributed by atoms with Crippen molar-refractivity contribution in [3.05, 3.63) is 53.1 Å². The van der Waals surface area contributed by atoms with Gasteiger partial charge in [0.1, 0.15) is 18.0 Å². The van der Waals surface area contributed by atoms with E-state index >= 15 is 0 Å². The number of quaternary nitrogens is 1. The average molecular weight is 356 g/mol. The maximum Gasteiger partial charge on any atom is 0.142 e. The molecule has 1 aliphatic heterocycles. The number of para-hydroxylation sites is 2. The number of rotatable bonds is 6. The molecular weight excluding hydrogens is 324 g/mol. The zero-order valence-corrected chi connectivity index (χ0v) is 16.5. The fourth-order valence-corrected chi connectivity index (χ4v) is 3.77. The van der Waals surface area contributed by atoms with Gasteiger partial charge in [-0.1, -0.05) is 12.1 Å². The lowest BCUT2D eigenvalue weighted by Crippen LogP contribution is -3.13. The van der Waals surface area contributed by atoms with Gasteiger partial charge in [0, 0.05) is 5.56 Å². The van der Waals surface area contributed by atoms with Gasteiger partial charge in [0.15, 0.2) is 0 Å². The van der Waals surface area contributed by atoms with Gasteiger partial charge in [-0.15, -0.1) is 0 Å². The summed E-state index contributed by atoms with van der Waals surface area (Å²) in [6, 6.07) is 12.7. The molecule has 4 nitrogen and oxygen atoms in total. The standard InChI is InChI=1S/C22H30N2O2/c1-5-26-22-9-7-6-8-20(22)24-14-12-23(13-15-24)16-19-10-11-21(25-4)18(3)17(19)2/h6-11H,5,12-16H2,1-4H3/p+1. The Morgan fingerprint density at radius 3 is 2.38 bits per heavy atom. The number of anilines is 1. The number of piperazine rings is 1. The summed E-state index contributed by atoms with van der Waals surface area (Å²) in [7, 11) is 1.74. The van der Waals surface area contributed by atoms with E-state index < -0.39 is 0 Å². The number of nitrogens with zero attached hydrogens (tertiary/aromatic N) is 1. The van der Waals surface area contributed by atoms with Crippen LogP contribution in [0.15, 0.2) is 36.4 Å². The monoisotopic (exact) mass is 355 g/mol. The van der Waals surface area contributed by atoms with Crippen molar-refractivity contribution in [2.75, 3.05) is 44.8 Å². The molecule has 0 amide bonds. The predicted octanol–water partition coefficient (Wildman–Crippen LogP) is 2.62. The van der Waals surface area contributed by atoms with E-state index in [9.17, 15) is 0 Å². The molecule has 0 saturated carbocycles. The molecule has 140 valence electrons. The van der Waals surface area contributed by atoms with Gasteiger partial charge in [0.25, 0.3) is 0 Å². The fraction of sp³-hybridized carbons (Fsp3) is 0.455. The van der Waals surface area contributed by atoms with Crippen LogP contribution in [0.3, 0.4) is 0 Å². The average Bonchev–Trinajstić information content (AvgIpc) is 2.67. The smallest absolute Gasteiger partial charge is 0.142 e. The van der Waals surface area contributed by atoms with Gasteiger partial charge in [-0.25, -0.2) is 0 Å². The van der Waals surface area contributed by atoms with Crippen LogP contribution in [0.25, 0.3) is 0 Å². The molecule has 0 bridgehead atoms. The Hall–Kier alpha value is -2.20.